The maximum Gasteiger partial charge on any atom is 0.410 e. The summed E-state index contributed by atoms with van der Waals surface area (Å²) in [4.78, 5) is 37.0. The van der Waals surface area contributed by atoms with Crippen molar-refractivity contribution in [3.63, 3.8) is 0 Å². The van der Waals surface area contributed by atoms with Gasteiger partial charge in [-0.1, -0.05) is 61.4 Å². The summed E-state index contributed by atoms with van der Waals surface area (Å²) in [5.74, 6) is -1.16. The molecule has 1 aliphatic rings. The lowest BCUT2D eigenvalue weighted by molar-refractivity contribution is -0.138. The van der Waals surface area contributed by atoms with Crippen LogP contribution >= 0.6 is 0 Å². The van der Waals surface area contributed by atoms with Crippen molar-refractivity contribution in [1.82, 2.24) is 10.2 Å². The molecule has 0 heterocycles. The molecular weight excluding hydrogens is 460 g/mol. The standard InChI is InChI=1S/C28H36N2O6/c1-28(2,3)36-26(33)29-16-10-4-5-11-17-30(18-25(31)32)27(34)35-19-24-22-14-8-6-12-20(22)21-13-7-9-15-23(21)24/h6-9,12-15,24H,4-5,10-11,16-19H2,1-3H3,(H,29,33)(H,31,32). The Bertz CT molecular complexity index is 1020. The molecule has 194 valence electrons. The number of carboxylic acid groups (broad SMARTS) is 1. The molecule has 8 heteroatoms. The van der Waals surface area contributed by atoms with Crippen molar-refractivity contribution in [2.45, 2.75) is 58.0 Å². The van der Waals surface area contributed by atoms with E-state index in [1.165, 1.54) is 4.90 Å². The van der Waals surface area contributed by atoms with Gasteiger partial charge in [-0.15, -0.1) is 0 Å². The van der Waals surface area contributed by atoms with Crippen LogP contribution in [0.1, 0.15) is 63.5 Å². The Morgan fingerprint density at radius 2 is 1.50 bits per heavy atom. The van der Waals surface area contributed by atoms with Crippen LogP contribution in [0.5, 0.6) is 0 Å². The number of nitrogens with one attached hydrogen (secondary N) is 1. The summed E-state index contributed by atoms with van der Waals surface area (Å²) >= 11 is 0. The molecule has 0 aromatic heterocycles. The van der Waals surface area contributed by atoms with Gasteiger partial charge in [0.15, 0.2) is 0 Å². The monoisotopic (exact) mass is 496 g/mol. The van der Waals surface area contributed by atoms with Crippen molar-refractivity contribution < 1.29 is 29.0 Å². The van der Waals surface area contributed by atoms with Gasteiger partial charge in [0.1, 0.15) is 18.8 Å². The molecule has 0 saturated heterocycles. The van der Waals surface area contributed by atoms with Gasteiger partial charge < -0.3 is 19.9 Å². The first-order chi connectivity index (χ1) is 17.2. The molecule has 0 atom stereocenters. The van der Waals surface area contributed by atoms with Crippen molar-refractivity contribution in [3.05, 3.63) is 59.7 Å². The van der Waals surface area contributed by atoms with Crippen molar-refractivity contribution in [3.8, 4) is 11.1 Å². The first kappa shape index (κ1) is 27.0. The Morgan fingerprint density at radius 1 is 0.917 bits per heavy atom. The molecule has 1 aliphatic carbocycles. The van der Waals surface area contributed by atoms with Crippen molar-refractivity contribution in [2.24, 2.45) is 0 Å². The largest absolute Gasteiger partial charge is 0.480 e. The van der Waals surface area contributed by atoms with Gasteiger partial charge >= 0.3 is 18.2 Å². The molecule has 36 heavy (non-hydrogen) atoms. The second-order valence-electron chi connectivity index (χ2n) is 9.96. The van der Waals surface area contributed by atoms with E-state index in [1.54, 1.807) is 0 Å². The molecule has 2 amide bonds. The number of hydrogen-bond donors (Lipinski definition) is 2. The summed E-state index contributed by atoms with van der Waals surface area (Å²) in [5.41, 5.74) is 3.96. The zero-order chi connectivity index (χ0) is 26.1. The molecule has 0 aliphatic heterocycles. The lowest BCUT2D eigenvalue weighted by Gasteiger charge is -2.22. The number of carboxylic acids is 1. The van der Waals surface area contributed by atoms with E-state index >= 15 is 0 Å². The molecule has 0 spiro atoms. The van der Waals surface area contributed by atoms with E-state index in [0.29, 0.717) is 19.5 Å². The Balaban J connectivity index is 1.45. The fraction of sp³-hybridized carbons (Fsp3) is 0.464. The molecule has 0 bridgehead atoms. The molecule has 2 aromatic carbocycles. The number of ether oxygens (including phenoxy) is 2. The SMILES string of the molecule is CC(C)(C)OC(=O)NCCCCCCN(CC(=O)O)C(=O)OCC1c2ccccc2-c2ccccc21. The zero-order valence-electron chi connectivity index (χ0n) is 21.3. The molecule has 0 fully saturated rings. The summed E-state index contributed by atoms with van der Waals surface area (Å²) < 4.78 is 10.8. The minimum absolute atomic E-state index is 0.0782. The van der Waals surface area contributed by atoms with Gasteiger partial charge in [0.25, 0.3) is 0 Å². The number of carbonyl (C=O) groups excluding carboxylic acids is 2. The average Bonchev–Trinajstić information content (AvgIpc) is 3.13. The zero-order valence-corrected chi connectivity index (χ0v) is 21.3. The predicted octanol–water partition coefficient (Wildman–Crippen LogP) is 5.41. The van der Waals surface area contributed by atoms with E-state index < -0.39 is 30.3 Å². The van der Waals surface area contributed by atoms with Gasteiger partial charge in [0.05, 0.1) is 0 Å². The van der Waals surface area contributed by atoms with Crippen LogP contribution in [0, 0.1) is 0 Å². The van der Waals surface area contributed by atoms with E-state index in [1.807, 2.05) is 57.2 Å². The topological polar surface area (TPSA) is 105 Å². The van der Waals surface area contributed by atoms with Crippen LogP contribution < -0.4 is 5.32 Å². The molecular formula is C28H36N2O6. The van der Waals surface area contributed by atoms with E-state index in [2.05, 4.69) is 17.4 Å². The lowest BCUT2D eigenvalue weighted by atomic mass is 9.98. The van der Waals surface area contributed by atoms with Crippen LogP contribution in [0.4, 0.5) is 9.59 Å². The molecule has 2 aromatic rings. The number of unbranched alkanes of at least 4 members (excludes halogenated alkanes) is 3. The average molecular weight is 497 g/mol. The predicted molar refractivity (Wildman–Crippen MR) is 137 cm³/mol. The maximum absolute atomic E-state index is 12.8. The van der Waals surface area contributed by atoms with E-state index in [4.69, 9.17) is 9.47 Å². The first-order valence-corrected chi connectivity index (χ1v) is 12.4. The Hall–Kier alpha value is -3.55. The third-order valence-electron chi connectivity index (χ3n) is 5.94. The number of fused-ring (bicyclic) bond motifs is 3. The van der Waals surface area contributed by atoms with Crippen molar-refractivity contribution in [2.75, 3.05) is 26.2 Å². The smallest absolute Gasteiger partial charge is 0.410 e. The van der Waals surface area contributed by atoms with Gasteiger partial charge in [-0.05, 0) is 55.9 Å². The van der Waals surface area contributed by atoms with Crippen LogP contribution in [0.3, 0.4) is 0 Å². The van der Waals surface area contributed by atoms with Crippen LogP contribution in [0.15, 0.2) is 48.5 Å². The normalized spacial score (nSPS) is 12.4. The highest BCUT2D eigenvalue weighted by Crippen LogP contribution is 2.44. The quantitative estimate of drug-likeness (QED) is 0.403. The van der Waals surface area contributed by atoms with Gasteiger partial charge in [0.2, 0.25) is 0 Å². The molecule has 2 N–H and O–H groups in total. The summed E-state index contributed by atoms with van der Waals surface area (Å²) in [6.45, 7) is 5.98. The molecule has 8 nitrogen and oxygen atoms in total. The van der Waals surface area contributed by atoms with Crippen LogP contribution in [-0.4, -0.2) is 60.0 Å². The summed E-state index contributed by atoms with van der Waals surface area (Å²) in [7, 11) is 0. The highest BCUT2D eigenvalue weighted by molar-refractivity contribution is 5.79. The number of amides is 2. The van der Waals surface area contributed by atoms with Crippen LogP contribution in [0.25, 0.3) is 11.1 Å². The Morgan fingerprint density at radius 3 is 2.08 bits per heavy atom. The van der Waals surface area contributed by atoms with Gasteiger partial charge in [-0.25, -0.2) is 9.59 Å². The Kier molecular flexibility index (Phi) is 9.33. The molecule has 0 saturated carbocycles. The Labute approximate surface area is 212 Å². The maximum atomic E-state index is 12.8. The second kappa shape index (κ2) is 12.4. The fourth-order valence-corrected chi connectivity index (χ4v) is 4.37. The minimum atomic E-state index is -1.08. The van der Waals surface area contributed by atoms with Crippen LogP contribution in [-0.2, 0) is 14.3 Å². The lowest BCUT2D eigenvalue weighted by Crippen LogP contribution is -2.37. The van der Waals surface area contributed by atoms with Gasteiger partial charge in [0, 0.05) is 19.0 Å². The third kappa shape index (κ3) is 7.73. The number of nitrogens with zero attached hydrogens (tertiary/aromatic N) is 1. The van der Waals surface area contributed by atoms with E-state index in [-0.39, 0.29) is 12.5 Å². The molecule has 0 radical (unpaired) electrons. The number of rotatable bonds is 11. The fourth-order valence-electron chi connectivity index (χ4n) is 4.37. The summed E-state index contributed by atoms with van der Waals surface area (Å²) in [6.07, 6.45) is 1.98. The highest BCUT2D eigenvalue weighted by Gasteiger charge is 2.30. The minimum Gasteiger partial charge on any atom is -0.480 e. The number of aliphatic carboxylic acids is 1. The second-order valence-corrected chi connectivity index (χ2v) is 9.96. The first-order valence-electron chi connectivity index (χ1n) is 12.4. The molecule has 3 rings (SSSR count). The van der Waals surface area contributed by atoms with E-state index in [9.17, 15) is 19.5 Å². The van der Waals surface area contributed by atoms with Gasteiger partial charge in [-0.3, -0.25) is 9.69 Å². The van der Waals surface area contributed by atoms with E-state index in [0.717, 1.165) is 41.5 Å². The summed E-state index contributed by atoms with van der Waals surface area (Å²) in [6, 6.07) is 16.1. The number of hydrogen-bond acceptors (Lipinski definition) is 5. The third-order valence-corrected chi connectivity index (χ3v) is 5.94. The summed E-state index contributed by atoms with van der Waals surface area (Å²) in [5, 5.41) is 12.0. The van der Waals surface area contributed by atoms with Crippen molar-refractivity contribution in [1.29, 1.82) is 0 Å². The highest BCUT2D eigenvalue weighted by atomic mass is 16.6. The van der Waals surface area contributed by atoms with Gasteiger partial charge in [-0.2, -0.15) is 0 Å². The van der Waals surface area contributed by atoms with Crippen molar-refractivity contribution >= 4 is 18.2 Å². The number of benzene rings is 2. The number of carbonyl (C=O) groups is 3. The molecule has 0 unspecified atom stereocenters. The number of alkyl carbamates (subject to hydrolysis) is 1. The van der Waals surface area contributed by atoms with Crippen LogP contribution in [0.2, 0.25) is 0 Å².